The predicted octanol–water partition coefficient (Wildman–Crippen LogP) is 2.81. The van der Waals surface area contributed by atoms with Gasteiger partial charge in [-0.05, 0) is 77.0 Å². The second kappa shape index (κ2) is 14.7. The number of cyclic esters (lactones) is 1. The van der Waals surface area contributed by atoms with Crippen LogP contribution in [0.2, 0.25) is 0 Å². The minimum absolute atomic E-state index is 0.0271. The number of carbonyl (C=O) groups excluding carboxylic acids is 8. The van der Waals surface area contributed by atoms with Crippen LogP contribution in [0.1, 0.15) is 92.9 Å². The van der Waals surface area contributed by atoms with Gasteiger partial charge in [-0.3, -0.25) is 43.8 Å². The minimum atomic E-state index is -1.20. The first-order chi connectivity index (χ1) is 25.7. The summed E-state index contributed by atoms with van der Waals surface area (Å²) in [5.41, 5.74) is -1.93. The van der Waals surface area contributed by atoms with Crippen LogP contribution in [0.3, 0.4) is 0 Å². The summed E-state index contributed by atoms with van der Waals surface area (Å²) in [5.74, 6) is -4.57. The molecule has 3 N–H and O–H groups in total. The van der Waals surface area contributed by atoms with Crippen LogP contribution in [0.4, 0.5) is 5.69 Å². The number of ether oxygens (including phenoxy) is 3. The lowest BCUT2D eigenvalue weighted by Gasteiger charge is -2.54. The molecule has 286 valence electrons. The fraction of sp³-hybridized carbons (Fsp3) is 0.487. The topological polar surface area (TPSA) is 204 Å². The first-order valence-corrected chi connectivity index (χ1v) is 18.1. The number of methoxy groups -OCH3 is 1. The third-order valence-corrected chi connectivity index (χ3v) is 11.4. The molecule has 0 spiro atoms. The van der Waals surface area contributed by atoms with Crippen molar-refractivity contribution in [2.24, 2.45) is 11.3 Å². The Balaban J connectivity index is 1.05. The summed E-state index contributed by atoms with van der Waals surface area (Å²) in [6.45, 7) is 5.36. The van der Waals surface area contributed by atoms with Crippen molar-refractivity contribution in [2.75, 3.05) is 25.5 Å². The zero-order chi connectivity index (χ0) is 39.0. The fourth-order valence-corrected chi connectivity index (χ4v) is 8.77. The molecule has 3 heterocycles. The number of anilines is 1. The van der Waals surface area contributed by atoms with Crippen molar-refractivity contribution in [3.63, 3.8) is 0 Å². The van der Waals surface area contributed by atoms with Gasteiger partial charge in [-0.15, -0.1) is 0 Å². The van der Waals surface area contributed by atoms with Crippen LogP contribution in [-0.2, 0) is 43.0 Å². The lowest BCUT2D eigenvalue weighted by molar-refractivity contribution is -0.235. The zero-order valence-electron chi connectivity index (χ0n) is 30.7. The average Bonchev–Trinajstić information content (AvgIpc) is 3.46. The maximum absolute atomic E-state index is 13.8. The summed E-state index contributed by atoms with van der Waals surface area (Å²) in [6, 6.07) is 3.74. The van der Waals surface area contributed by atoms with Crippen molar-refractivity contribution in [2.45, 2.75) is 89.4 Å². The number of rotatable bonds is 11. The predicted molar refractivity (Wildman–Crippen MR) is 190 cm³/mol. The molecular weight excluding hydrogens is 700 g/mol. The molecular formula is C39H44N4O11. The highest BCUT2D eigenvalue weighted by Gasteiger charge is 2.74. The number of nitrogens with zero attached hydrogens (tertiary/aromatic N) is 1. The van der Waals surface area contributed by atoms with Crippen molar-refractivity contribution >= 4 is 53.1 Å². The van der Waals surface area contributed by atoms with Crippen LogP contribution in [0.15, 0.2) is 53.6 Å². The van der Waals surface area contributed by atoms with E-state index in [1.807, 2.05) is 0 Å². The number of imide groups is 2. The van der Waals surface area contributed by atoms with Crippen LogP contribution in [0.25, 0.3) is 0 Å². The molecule has 2 saturated heterocycles. The Morgan fingerprint density at radius 3 is 2.54 bits per heavy atom. The van der Waals surface area contributed by atoms with Gasteiger partial charge in [-0.2, -0.15) is 0 Å². The summed E-state index contributed by atoms with van der Waals surface area (Å²) in [6.07, 6.45) is 8.91. The minimum Gasteiger partial charge on any atom is -0.466 e. The quantitative estimate of drug-likeness (QED) is 0.0748. The standard InChI is InChI=1S/C39H44N4O11/c1-22(8-6-16-37(3)28-15-18-38(36(51)54-37)17-13-24(35(50)52-4)14-19-39(28,38)53-23(2)44)31(46)41-21-7-20-40-26-10-5-9-25-30(26)34(49)43(33(25)48)27-11-12-29(45)42-32(27)47/h5-6,8-10,13,16,27-28,40H,7,11-12,14-15,17-21H2,1-4H3,(H,41,46)(H,42,45,47). The molecule has 15 nitrogen and oxygen atoms in total. The Labute approximate surface area is 311 Å². The number of allylic oxidation sites excluding steroid dienone is 3. The first kappa shape index (κ1) is 38.1. The van der Waals surface area contributed by atoms with E-state index in [0.29, 0.717) is 42.6 Å². The molecule has 2 aliphatic carbocycles. The molecule has 6 rings (SSSR count). The highest BCUT2D eigenvalue weighted by atomic mass is 16.6. The number of benzene rings is 1. The molecule has 1 aromatic rings. The molecule has 54 heavy (non-hydrogen) atoms. The smallest absolute Gasteiger partial charge is 0.333 e. The largest absolute Gasteiger partial charge is 0.466 e. The number of amides is 5. The number of carbonyl (C=O) groups is 8. The molecule has 5 aliphatic rings. The maximum atomic E-state index is 13.8. The molecule has 3 aliphatic heterocycles. The molecule has 5 amide bonds. The van der Waals surface area contributed by atoms with Crippen LogP contribution in [0, 0.1) is 11.3 Å². The molecule has 1 saturated carbocycles. The Bertz CT molecular complexity index is 1930. The Kier molecular flexibility index (Phi) is 10.4. The second-order valence-corrected chi connectivity index (χ2v) is 14.6. The molecule has 2 bridgehead atoms. The van der Waals surface area contributed by atoms with E-state index in [1.165, 1.54) is 20.1 Å². The summed E-state index contributed by atoms with van der Waals surface area (Å²) in [5, 5.41) is 8.18. The monoisotopic (exact) mass is 744 g/mol. The zero-order valence-corrected chi connectivity index (χ0v) is 30.7. The van der Waals surface area contributed by atoms with Crippen LogP contribution < -0.4 is 16.0 Å². The first-order valence-electron chi connectivity index (χ1n) is 18.1. The van der Waals surface area contributed by atoms with Crippen LogP contribution in [-0.4, -0.2) is 89.8 Å². The molecule has 15 heteroatoms. The number of fused-ring (bicyclic) bond motifs is 1. The van der Waals surface area contributed by atoms with E-state index in [4.69, 9.17) is 14.2 Å². The molecule has 5 atom stereocenters. The summed E-state index contributed by atoms with van der Waals surface area (Å²) in [7, 11) is 1.30. The van der Waals surface area contributed by atoms with E-state index in [2.05, 4.69) is 16.0 Å². The second-order valence-electron chi connectivity index (χ2n) is 14.6. The van der Waals surface area contributed by atoms with Gasteiger partial charge in [0.2, 0.25) is 17.7 Å². The molecule has 1 aromatic carbocycles. The Hall–Kier alpha value is -5.60. The van der Waals surface area contributed by atoms with Gasteiger partial charge in [0, 0.05) is 49.2 Å². The highest BCUT2D eigenvalue weighted by Crippen LogP contribution is 2.65. The van der Waals surface area contributed by atoms with Crippen LogP contribution >= 0.6 is 0 Å². The average molecular weight is 745 g/mol. The molecule has 0 aromatic heterocycles. The number of hydrogen-bond acceptors (Lipinski definition) is 12. The number of hydrogen-bond donors (Lipinski definition) is 3. The van der Waals surface area contributed by atoms with Crippen molar-refractivity contribution in [3.8, 4) is 0 Å². The van der Waals surface area contributed by atoms with Crippen molar-refractivity contribution in [1.29, 1.82) is 0 Å². The summed E-state index contributed by atoms with van der Waals surface area (Å²) < 4.78 is 17.1. The lowest BCUT2D eigenvalue weighted by Crippen LogP contribution is -2.65. The number of esters is 3. The van der Waals surface area contributed by atoms with Gasteiger partial charge in [0.05, 0.1) is 18.2 Å². The molecule has 5 unspecified atom stereocenters. The van der Waals surface area contributed by atoms with Crippen molar-refractivity contribution in [1.82, 2.24) is 15.5 Å². The third-order valence-electron chi connectivity index (χ3n) is 11.4. The van der Waals surface area contributed by atoms with Crippen molar-refractivity contribution < 1.29 is 52.6 Å². The fourth-order valence-electron chi connectivity index (χ4n) is 8.77. The van der Waals surface area contributed by atoms with E-state index in [-0.39, 0.29) is 55.7 Å². The Morgan fingerprint density at radius 1 is 1.04 bits per heavy atom. The Morgan fingerprint density at radius 2 is 1.81 bits per heavy atom. The van der Waals surface area contributed by atoms with Gasteiger partial charge in [0.25, 0.3) is 11.8 Å². The lowest BCUT2D eigenvalue weighted by atomic mass is 9.62. The number of piperidine rings is 1. The van der Waals surface area contributed by atoms with Gasteiger partial charge < -0.3 is 24.8 Å². The van der Waals surface area contributed by atoms with Crippen molar-refractivity contribution in [3.05, 3.63) is 64.8 Å². The summed E-state index contributed by atoms with van der Waals surface area (Å²) in [4.78, 5) is 103. The van der Waals surface area contributed by atoms with E-state index in [1.54, 1.807) is 50.3 Å². The van der Waals surface area contributed by atoms with E-state index in [9.17, 15) is 38.4 Å². The summed E-state index contributed by atoms with van der Waals surface area (Å²) >= 11 is 0. The van der Waals surface area contributed by atoms with E-state index < -0.39 is 70.1 Å². The van der Waals surface area contributed by atoms with Gasteiger partial charge >= 0.3 is 17.9 Å². The molecule has 3 fully saturated rings. The van der Waals surface area contributed by atoms with Gasteiger partial charge in [0.15, 0.2) is 0 Å². The number of nitrogens with one attached hydrogen (secondary N) is 3. The van der Waals surface area contributed by atoms with Gasteiger partial charge in [-0.1, -0.05) is 24.3 Å². The maximum Gasteiger partial charge on any atom is 0.333 e. The van der Waals surface area contributed by atoms with Gasteiger partial charge in [-0.25, -0.2) is 4.79 Å². The van der Waals surface area contributed by atoms with E-state index in [0.717, 1.165) is 4.90 Å². The normalized spacial score (nSPS) is 29.1. The highest BCUT2D eigenvalue weighted by molar-refractivity contribution is 6.25. The van der Waals surface area contributed by atoms with Crippen LogP contribution in [0.5, 0.6) is 0 Å². The van der Waals surface area contributed by atoms with Gasteiger partial charge in [0.1, 0.15) is 22.7 Å². The SMILES string of the molecule is COC(=O)C1=CCC23CCC(C(C)(C=CC=C(C)C(=O)NCCCNc4cccc5c4C(=O)N(C4CCC(=O)NC4=O)C5=O)OC2=O)C3(OC(C)=O)CC1. The molecule has 0 radical (unpaired) electrons. The third kappa shape index (κ3) is 6.49. The van der Waals surface area contributed by atoms with E-state index >= 15 is 0 Å².